The van der Waals surface area contributed by atoms with Crippen LogP contribution in [-0.4, -0.2) is 136 Å². The van der Waals surface area contributed by atoms with E-state index in [1.165, 1.54) is 20.1 Å². The number of aliphatic hydroxyl groups is 3. The quantitative estimate of drug-likeness (QED) is 0.0332. The average molecular weight is 910 g/mol. The van der Waals surface area contributed by atoms with Gasteiger partial charge in [-0.05, 0) is 147 Å². The van der Waals surface area contributed by atoms with Crippen LogP contribution in [0.25, 0.3) is 49.2 Å². The number of carbonyl (C=O) groups excluding carboxylic acids is 1. The summed E-state index contributed by atoms with van der Waals surface area (Å²) in [5, 5.41) is 50.7. The number of hydrogen-bond donors (Lipinski definition) is 5. The molecule has 1 aliphatic carbocycles. The van der Waals surface area contributed by atoms with Crippen LogP contribution < -0.4 is 20.9 Å². The third kappa shape index (κ3) is 9.11. The molecule has 66 heavy (non-hydrogen) atoms. The van der Waals surface area contributed by atoms with Crippen LogP contribution in [0.3, 0.4) is 0 Å². The summed E-state index contributed by atoms with van der Waals surface area (Å²) in [6.45, 7) is 11.5. The number of fused-ring (bicyclic) bond motifs is 1. The zero-order valence-corrected chi connectivity index (χ0v) is 39.1. The van der Waals surface area contributed by atoms with E-state index in [1.807, 2.05) is 19.1 Å². The average Bonchev–Trinajstić information content (AvgIpc) is 3.45. The molecule has 2 fully saturated rings. The molecule has 14 heteroatoms. The second-order valence-corrected chi connectivity index (χ2v) is 18.7. The Morgan fingerprint density at radius 1 is 0.758 bits per heavy atom. The molecule has 356 valence electrons. The number of nitrogens with one attached hydrogen (secondary N) is 1. The Hall–Kier alpha value is -4.51. The van der Waals surface area contributed by atoms with Crippen molar-refractivity contribution in [2.75, 3.05) is 105 Å². The topological polar surface area (TPSA) is 188 Å². The van der Waals surface area contributed by atoms with E-state index < -0.39 is 24.6 Å². The molecule has 5 aromatic carbocycles. The molecule has 0 radical (unpaired) electrons. The molecule has 0 amide bonds. The highest BCUT2D eigenvalue weighted by Gasteiger charge is 2.37. The van der Waals surface area contributed by atoms with Gasteiger partial charge in [-0.2, -0.15) is 0 Å². The molecule has 0 saturated carbocycles. The number of ketones is 1. The number of phenolic OH excluding ortho intramolecular Hbond substituents is 1. The van der Waals surface area contributed by atoms with E-state index in [0.717, 1.165) is 71.4 Å². The molecule has 1 atom stereocenters. The molecule has 5 N–H and O–H groups in total. The number of likely N-dealkylation sites (tertiary alicyclic amines) is 2. The van der Waals surface area contributed by atoms with Crippen LogP contribution in [0.5, 0.6) is 11.5 Å². The Labute approximate surface area is 385 Å². The highest BCUT2D eigenvalue weighted by atomic mass is 16.5. The molecule has 2 aliphatic heterocycles. The largest absolute Gasteiger partial charge is 0.504 e. The molecule has 0 aromatic heterocycles. The second-order valence-electron chi connectivity index (χ2n) is 18.7. The lowest BCUT2D eigenvalue weighted by molar-refractivity contribution is -0.117. The predicted molar refractivity (Wildman–Crippen MR) is 259 cm³/mol. The normalized spacial score (nSPS) is 17.8. The van der Waals surface area contributed by atoms with Gasteiger partial charge >= 0.3 is 0 Å². The zero-order valence-electron chi connectivity index (χ0n) is 39.1. The number of ether oxygens (including phenoxy) is 4. The van der Waals surface area contributed by atoms with Crippen molar-refractivity contribution in [2.24, 2.45) is 11.8 Å². The first-order valence-corrected chi connectivity index (χ1v) is 23.9. The standard InChI is InChI=1S/C52H67N3O11/c1-30-24-37-36(7-6-32-8-12-54(13-9-32)17-21-66-23-22-63-3)50(61)44-38(53-27-33-10-14-55(15-11-33)16-20-65-19-5-18-56)25-34(28-57)41-42-35(29-58)26-39(60)45-47(42)48(43(37)46(41)44)49(40(30)31(2)59)52(64-4)51(45)62/h24-26,32-33,40,53,56-58,62H,5-23,27-29H2,1-4H3. The summed E-state index contributed by atoms with van der Waals surface area (Å²) in [5.74, 6) is -0.732. The van der Waals surface area contributed by atoms with E-state index in [2.05, 4.69) is 15.1 Å². The predicted octanol–water partition coefficient (Wildman–Crippen LogP) is 5.51. The Morgan fingerprint density at radius 3 is 1.98 bits per heavy atom. The first-order valence-electron chi connectivity index (χ1n) is 23.9. The van der Waals surface area contributed by atoms with Gasteiger partial charge in [-0.1, -0.05) is 11.6 Å². The fraction of sp³-hybridized carbons (Fsp3) is 0.558. The third-order valence-corrected chi connectivity index (χ3v) is 14.7. The van der Waals surface area contributed by atoms with Crippen molar-refractivity contribution in [3.05, 3.63) is 66.0 Å². The van der Waals surface area contributed by atoms with Crippen LogP contribution in [0.1, 0.15) is 86.1 Å². The van der Waals surface area contributed by atoms with Crippen molar-refractivity contribution in [3.8, 4) is 11.5 Å². The Balaban J connectivity index is 1.28. The number of Topliss-reactive ketones (excluding diaryl/α,β-unsaturated/α-hetero) is 1. The number of phenols is 1. The van der Waals surface area contributed by atoms with Crippen molar-refractivity contribution in [1.82, 2.24) is 9.80 Å². The lowest BCUT2D eigenvalue weighted by Crippen LogP contribution is -2.37. The zero-order chi connectivity index (χ0) is 46.6. The molecule has 14 nitrogen and oxygen atoms in total. The number of piperidine rings is 2. The number of benzene rings is 5. The number of aromatic hydroxyl groups is 1. The molecule has 0 spiro atoms. The Kier molecular flexibility index (Phi) is 15.4. The van der Waals surface area contributed by atoms with Crippen LogP contribution in [0.15, 0.2) is 27.3 Å². The fourth-order valence-corrected chi connectivity index (χ4v) is 11.3. The highest BCUT2D eigenvalue weighted by Crippen LogP contribution is 2.55. The molecule has 0 bridgehead atoms. The summed E-state index contributed by atoms with van der Waals surface area (Å²) >= 11 is 0. The Morgan fingerprint density at radius 2 is 1.38 bits per heavy atom. The lowest BCUT2D eigenvalue weighted by Gasteiger charge is -2.32. The number of hydrogen-bond acceptors (Lipinski definition) is 14. The molecular weight excluding hydrogens is 843 g/mol. The third-order valence-electron chi connectivity index (χ3n) is 14.7. The number of rotatable bonds is 22. The number of methoxy groups -OCH3 is 2. The van der Waals surface area contributed by atoms with Gasteiger partial charge in [-0.25, -0.2) is 0 Å². The molecular formula is C52H67N3O11. The molecule has 3 aliphatic rings. The van der Waals surface area contributed by atoms with E-state index >= 15 is 4.79 Å². The van der Waals surface area contributed by atoms with Gasteiger partial charge in [0.25, 0.3) is 0 Å². The van der Waals surface area contributed by atoms with E-state index in [9.17, 15) is 24.9 Å². The Bertz CT molecular complexity index is 2690. The van der Waals surface area contributed by atoms with Crippen LogP contribution in [0, 0.1) is 11.8 Å². The minimum Gasteiger partial charge on any atom is -0.504 e. The van der Waals surface area contributed by atoms with Crippen molar-refractivity contribution < 1.29 is 44.2 Å². The van der Waals surface area contributed by atoms with Gasteiger partial charge in [-0.3, -0.25) is 14.4 Å². The summed E-state index contributed by atoms with van der Waals surface area (Å²) in [6, 6.07) is 3.17. The molecule has 1 unspecified atom stereocenters. The molecule has 8 rings (SSSR count). The maximum absolute atomic E-state index is 15.7. The first kappa shape index (κ1) is 48.0. The van der Waals surface area contributed by atoms with E-state index in [4.69, 9.17) is 24.1 Å². The van der Waals surface area contributed by atoms with Crippen molar-refractivity contribution in [1.29, 1.82) is 0 Å². The maximum Gasteiger partial charge on any atom is 0.192 e. The first-order chi connectivity index (χ1) is 32.1. The van der Waals surface area contributed by atoms with Crippen LogP contribution >= 0.6 is 0 Å². The van der Waals surface area contributed by atoms with Crippen molar-refractivity contribution in [2.45, 2.75) is 77.9 Å². The summed E-state index contributed by atoms with van der Waals surface area (Å²) < 4.78 is 22.5. The van der Waals surface area contributed by atoms with Gasteiger partial charge in [0.1, 0.15) is 5.78 Å². The van der Waals surface area contributed by atoms with Crippen LogP contribution in [0.2, 0.25) is 0 Å². The number of aliphatic hydroxyl groups excluding tert-OH is 3. The van der Waals surface area contributed by atoms with Gasteiger partial charge in [-0.15, -0.1) is 0 Å². The van der Waals surface area contributed by atoms with E-state index in [1.54, 1.807) is 7.11 Å². The van der Waals surface area contributed by atoms with Gasteiger partial charge in [0.05, 0.1) is 63.4 Å². The second kappa shape index (κ2) is 21.2. The van der Waals surface area contributed by atoms with Crippen molar-refractivity contribution in [3.63, 3.8) is 0 Å². The monoisotopic (exact) mass is 909 g/mol. The summed E-state index contributed by atoms with van der Waals surface area (Å²) in [4.78, 5) is 48.7. The summed E-state index contributed by atoms with van der Waals surface area (Å²) in [5.41, 5.74) is 3.18. The minimum atomic E-state index is -0.877. The number of anilines is 1. The molecule has 2 saturated heterocycles. The minimum absolute atomic E-state index is 0.00201. The molecule has 2 heterocycles. The van der Waals surface area contributed by atoms with Crippen molar-refractivity contribution >= 4 is 60.6 Å². The van der Waals surface area contributed by atoms with Gasteiger partial charge in [0.15, 0.2) is 22.4 Å². The smallest absolute Gasteiger partial charge is 0.192 e. The summed E-state index contributed by atoms with van der Waals surface area (Å²) in [7, 11) is 3.08. The van der Waals surface area contributed by atoms with E-state index in [-0.39, 0.29) is 34.7 Å². The van der Waals surface area contributed by atoms with E-state index in [0.29, 0.717) is 141 Å². The van der Waals surface area contributed by atoms with Gasteiger partial charge < -0.3 is 54.5 Å². The SMILES string of the molecule is COCCOCCN1CCC(CCc2c3c4c5c(c(OC)c(O)c6c(=O)cc(CO)c(c7c(CO)cc(NCC8CCN(CCOCCCO)CC8)c(c2=O)c74)c65)C(C(C)=O)C(C)=C3)CC1. The van der Waals surface area contributed by atoms with Crippen LogP contribution in [-0.2, 0) is 38.6 Å². The maximum atomic E-state index is 15.7. The number of nitrogens with zero attached hydrogens (tertiary/aromatic N) is 2. The number of carbonyl (C=O) groups is 1. The fourth-order valence-electron chi connectivity index (χ4n) is 11.3. The van der Waals surface area contributed by atoms with Gasteiger partial charge in [0, 0.05) is 67.5 Å². The van der Waals surface area contributed by atoms with Crippen LogP contribution in [0.4, 0.5) is 5.69 Å². The highest BCUT2D eigenvalue weighted by molar-refractivity contribution is 6.39. The lowest BCUT2D eigenvalue weighted by atomic mass is 9.78. The summed E-state index contributed by atoms with van der Waals surface area (Å²) in [6.07, 6.45) is 7.72. The van der Waals surface area contributed by atoms with Gasteiger partial charge in [0.2, 0.25) is 0 Å². The number of allylic oxidation sites excluding steroid dienone is 1. The molecule has 5 aromatic rings.